The van der Waals surface area contributed by atoms with Crippen molar-refractivity contribution in [2.75, 3.05) is 4.90 Å². The van der Waals surface area contributed by atoms with Gasteiger partial charge < -0.3 is 0 Å². The molecule has 0 saturated carbocycles. The lowest BCUT2D eigenvalue weighted by Gasteiger charge is -2.14. The highest BCUT2D eigenvalue weighted by Crippen LogP contribution is 2.36. The number of amides is 2. The molecule has 1 saturated heterocycles. The van der Waals surface area contributed by atoms with Crippen molar-refractivity contribution in [1.82, 2.24) is 0 Å². The maximum atomic E-state index is 12.5. The van der Waals surface area contributed by atoms with Crippen LogP contribution in [0.5, 0.6) is 0 Å². The van der Waals surface area contributed by atoms with Gasteiger partial charge in [0.2, 0.25) is 0 Å². The van der Waals surface area contributed by atoms with E-state index in [-0.39, 0.29) is 11.1 Å². The van der Waals surface area contributed by atoms with Gasteiger partial charge in [0.1, 0.15) is 0 Å². The predicted octanol–water partition coefficient (Wildman–Crippen LogP) is 5.00. The summed E-state index contributed by atoms with van der Waals surface area (Å²) >= 11 is 4.34. The Kier molecular flexibility index (Phi) is 4.18. The summed E-state index contributed by atoms with van der Waals surface area (Å²) in [6.45, 7) is 1.89. The van der Waals surface area contributed by atoms with Crippen molar-refractivity contribution in [1.29, 1.82) is 0 Å². The molecular formula is C17H12BrNO2S. The van der Waals surface area contributed by atoms with Crippen LogP contribution < -0.4 is 4.90 Å². The maximum Gasteiger partial charge on any atom is 0.298 e. The molecule has 3 nitrogen and oxygen atoms in total. The minimum atomic E-state index is -0.271. The molecule has 2 aromatic rings. The largest absolute Gasteiger partial charge is 0.298 e. The zero-order valence-corrected chi connectivity index (χ0v) is 14.1. The molecular weight excluding hydrogens is 362 g/mol. The molecule has 110 valence electrons. The number of aryl methyl sites for hydroxylation is 1. The summed E-state index contributed by atoms with van der Waals surface area (Å²) in [5, 5.41) is -0.261. The third-order valence-corrected chi connectivity index (χ3v) is 4.72. The lowest BCUT2D eigenvalue weighted by Crippen LogP contribution is -2.28. The number of anilines is 1. The molecule has 0 aliphatic carbocycles. The second-order valence-electron chi connectivity index (χ2n) is 4.86. The lowest BCUT2D eigenvalue weighted by atomic mass is 10.1. The molecule has 0 N–H and O–H groups in total. The summed E-state index contributed by atoms with van der Waals surface area (Å²) in [5.41, 5.74) is 2.43. The Morgan fingerprint density at radius 3 is 2.41 bits per heavy atom. The van der Waals surface area contributed by atoms with E-state index in [0.29, 0.717) is 10.6 Å². The summed E-state index contributed by atoms with van der Waals surface area (Å²) in [6, 6.07) is 15.0. The van der Waals surface area contributed by atoms with Gasteiger partial charge in [0, 0.05) is 4.47 Å². The smallest absolute Gasteiger partial charge is 0.268 e. The molecule has 2 amide bonds. The number of para-hydroxylation sites is 1. The summed E-state index contributed by atoms with van der Waals surface area (Å²) in [7, 11) is 0. The first-order valence-electron chi connectivity index (χ1n) is 6.65. The molecule has 3 rings (SSSR count). The summed E-state index contributed by atoms with van der Waals surface area (Å²) in [6.07, 6.45) is 1.75. The molecule has 2 aromatic carbocycles. The van der Waals surface area contributed by atoms with Gasteiger partial charge in [-0.25, -0.2) is 4.90 Å². The minimum Gasteiger partial charge on any atom is -0.268 e. The topological polar surface area (TPSA) is 37.4 Å². The second-order valence-corrected chi connectivity index (χ2v) is 6.76. The lowest BCUT2D eigenvalue weighted by molar-refractivity contribution is -0.113. The molecule has 1 fully saturated rings. The monoisotopic (exact) mass is 373 g/mol. The van der Waals surface area contributed by atoms with Crippen molar-refractivity contribution in [2.45, 2.75) is 6.92 Å². The average Bonchev–Trinajstić information content (AvgIpc) is 2.77. The number of rotatable bonds is 2. The third-order valence-electron chi connectivity index (χ3n) is 3.32. The maximum absolute atomic E-state index is 12.5. The van der Waals surface area contributed by atoms with Crippen LogP contribution in [0.4, 0.5) is 10.5 Å². The van der Waals surface area contributed by atoms with E-state index in [1.165, 1.54) is 4.90 Å². The zero-order chi connectivity index (χ0) is 15.7. The molecule has 0 atom stereocenters. The standard InChI is InChI=1S/C17H12BrNO2S/c1-11-4-2-3-5-14(11)19-16(20)15(22-17(19)21)10-12-6-8-13(18)9-7-12/h2-10H,1H3/b15-10-. The van der Waals surface area contributed by atoms with Gasteiger partial charge in [-0.05, 0) is 54.1 Å². The highest BCUT2D eigenvalue weighted by Gasteiger charge is 2.36. The highest BCUT2D eigenvalue weighted by atomic mass is 79.9. The van der Waals surface area contributed by atoms with E-state index in [4.69, 9.17) is 0 Å². The van der Waals surface area contributed by atoms with E-state index in [1.54, 1.807) is 12.1 Å². The summed E-state index contributed by atoms with van der Waals surface area (Å²) in [4.78, 5) is 26.4. The van der Waals surface area contributed by atoms with Crippen molar-refractivity contribution in [2.24, 2.45) is 0 Å². The molecule has 5 heteroatoms. The van der Waals surface area contributed by atoms with Gasteiger partial charge in [0.25, 0.3) is 11.1 Å². The van der Waals surface area contributed by atoms with Crippen LogP contribution in [-0.4, -0.2) is 11.1 Å². The number of benzene rings is 2. The van der Waals surface area contributed by atoms with E-state index in [1.807, 2.05) is 49.4 Å². The van der Waals surface area contributed by atoms with Crippen LogP contribution in [0.2, 0.25) is 0 Å². The number of halogens is 1. The zero-order valence-electron chi connectivity index (χ0n) is 11.7. The molecule has 1 aliphatic rings. The number of imide groups is 1. The molecule has 0 spiro atoms. The fraction of sp³-hybridized carbons (Fsp3) is 0.0588. The van der Waals surface area contributed by atoms with Gasteiger partial charge in [-0.3, -0.25) is 9.59 Å². The van der Waals surface area contributed by atoms with E-state index in [9.17, 15) is 9.59 Å². The minimum absolute atomic E-state index is 0.261. The quantitative estimate of drug-likeness (QED) is 0.695. The fourth-order valence-corrected chi connectivity index (χ4v) is 3.30. The molecule has 0 bridgehead atoms. The van der Waals surface area contributed by atoms with Gasteiger partial charge in [0.05, 0.1) is 10.6 Å². The summed E-state index contributed by atoms with van der Waals surface area (Å²) < 4.78 is 0.970. The van der Waals surface area contributed by atoms with Gasteiger partial charge in [-0.15, -0.1) is 0 Å². The Labute approximate surface area is 141 Å². The van der Waals surface area contributed by atoms with Crippen molar-refractivity contribution < 1.29 is 9.59 Å². The first-order valence-corrected chi connectivity index (χ1v) is 8.26. The van der Waals surface area contributed by atoms with Crippen LogP contribution in [0.1, 0.15) is 11.1 Å². The number of carbonyl (C=O) groups excluding carboxylic acids is 2. The Morgan fingerprint density at radius 1 is 1.05 bits per heavy atom. The van der Waals surface area contributed by atoms with Crippen molar-refractivity contribution in [3.63, 3.8) is 0 Å². The van der Waals surface area contributed by atoms with Crippen LogP contribution in [-0.2, 0) is 4.79 Å². The number of nitrogens with zero attached hydrogens (tertiary/aromatic N) is 1. The van der Waals surface area contributed by atoms with Gasteiger partial charge in [-0.2, -0.15) is 0 Å². The highest BCUT2D eigenvalue weighted by molar-refractivity contribution is 9.10. The first-order chi connectivity index (χ1) is 10.6. The molecule has 0 unspecified atom stereocenters. The van der Waals surface area contributed by atoms with E-state index < -0.39 is 0 Å². The van der Waals surface area contributed by atoms with Crippen LogP contribution in [0.25, 0.3) is 6.08 Å². The molecule has 1 aliphatic heterocycles. The van der Waals surface area contributed by atoms with Crippen LogP contribution in [0.15, 0.2) is 57.9 Å². The number of hydrogen-bond acceptors (Lipinski definition) is 3. The molecule has 22 heavy (non-hydrogen) atoms. The second kappa shape index (κ2) is 6.10. The third kappa shape index (κ3) is 2.87. The Balaban J connectivity index is 1.95. The Hall–Kier alpha value is -1.85. The molecule has 0 radical (unpaired) electrons. The number of hydrogen-bond donors (Lipinski definition) is 0. The van der Waals surface area contributed by atoms with E-state index >= 15 is 0 Å². The fourth-order valence-electron chi connectivity index (χ4n) is 2.20. The van der Waals surface area contributed by atoms with Crippen molar-refractivity contribution in [3.8, 4) is 0 Å². The van der Waals surface area contributed by atoms with Crippen molar-refractivity contribution in [3.05, 3.63) is 69.0 Å². The molecule has 1 heterocycles. The van der Waals surface area contributed by atoms with Crippen LogP contribution >= 0.6 is 27.7 Å². The van der Waals surface area contributed by atoms with E-state index in [2.05, 4.69) is 15.9 Å². The number of thioether (sulfide) groups is 1. The number of carbonyl (C=O) groups is 2. The van der Waals surface area contributed by atoms with Crippen molar-refractivity contribution >= 4 is 50.6 Å². The van der Waals surface area contributed by atoms with Crippen LogP contribution in [0, 0.1) is 6.92 Å². The Bertz CT molecular complexity index is 784. The van der Waals surface area contributed by atoms with Gasteiger partial charge in [-0.1, -0.05) is 46.3 Å². The first kappa shape index (κ1) is 15.1. The van der Waals surface area contributed by atoms with E-state index in [0.717, 1.165) is 27.4 Å². The van der Waals surface area contributed by atoms with Crippen LogP contribution in [0.3, 0.4) is 0 Å². The normalized spacial score (nSPS) is 16.6. The molecule has 0 aromatic heterocycles. The summed E-state index contributed by atoms with van der Waals surface area (Å²) in [5.74, 6) is -0.271. The Morgan fingerprint density at radius 2 is 1.73 bits per heavy atom. The van der Waals surface area contributed by atoms with Gasteiger partial charge in [0.15, 0.2) is 0 Å². The SMILES string of the molecule is Cc1ccccc1N1C(=O)S/C(=C\c2ccc(Br)cc2)C1=O. The predicted molar refractivity (Wildman–Crippen MR) is 93.8 cm³/mol. The van der Waals surface area contributed by atoms with Gasteiger partial charge >= 0.3 is 0 Å². The average molecular weight is 374 g/mol.